The van der Waals surface area contributed by atoms with Crippen molar-refractivity contribution in [2.24, 2.45) is 5.73 Å². The highest BCUT2D eigenvalue weighted by molar-refractivity contribution is 6.30. The van der Waals surface area contributed by atoms with Gasteiger partial charge in [-0.25, -0.2) is 0 Å². The summed E-state index contributed by atoms with van der Waals surface area (Å²) >= 11 is 5.95. The minimum atomic E-state index is 0.556. The number of nitrogens with two attached hydrogens (primary N) is 1. The highest BCUT2D eigenvalue weighted by Gasteiger charge is 2.05. The summed E-state index contributed by atoms with van der Waals surface area (Å²) in [5.74, 6) is 0. The Morgan fingerprint density at radius 1 is 1.43 bits per heavy atom. The number of halogens is 1. The summed E-state index contributed by atoms with van der Waals surface area (Å²) < 4.78 is 0. The highest BCUT2D eigenvalue weighted by Crippen LogP contribution is 2.23. The van der Waals surface area contributed by atoms with E-state index in [1.165, 1.54) is 0 Å². The lowest BCUT2D eigenvalue weighted by atomic mass is 10.1. The van der Waals surface area contributed by atoms with Crippen LogP contribution in [0.1, 0.15) is 18.9 Å². The van der Waals surface area contributed by atoms with E-state index in [9.17, 15) is 0 Å². The van der Waals surface area contributed by atoms with Gasteiger partial charge >= 0.3 is 0 Å². The zero-order chi connectivity index (χ0) is 10.6. The number of anilines is 1. The van der Waals surface area contributed by atoms with Gasteiger partial charge < -0.3 is 10.6 Å². The Morgan fingerprint density at radius 2 is 2.14 bits per heavy atom. The zero-order valence-electron chi connectivity index (χ0n) is 8.76. The van der Waals surface area contributed by atoms with Crippen LogP contribution < -0.4 is 10.6 Å². The summed E-state index contributed by atoms with van der Waals surface area (Å²) in [4.78, 5) is 2.19. The molecule has 0 spiro atoms. The molecule has 3 heteroatoms. The second-order valence-electron chi connectivity index (χ2n) is 3.40. The SMILES string of the molecule is CCCN(C)c1cc(Cl)ccc1CN. The van der Waals surface area contributed by atoms with E-state index in [4.69, 9.17) is 17.3 Å². The molecule has 78 valence electrons. The Labute approximate surface area is 90.7 Å². The molecular formula is C11H17ClN2. The Hall–Kier alpha value is -0.730. The molecule has 0 aliphatic heterocycles. The molecule has 2 nitrogen and oxygen atoms in total. The van der Waals surface area contributed by atoms with Gasteiger partial charge in [0, 0.05) is 30.8 Å². The van der Waals surface area contributed by atoms with E-state index in [1.54, 1.807) is 0 Å². The first-order chi connectivity index (χ1) is 6.69. The molecule has 0 radical (unpaired) electrons. The van der Waals surface area contributed by atoms with E-state index >= 15 is 0 Å². The molecule has 0 fully saturated rings. The number of benzene rings is 1. The lowest BCUT2D eigenvalue weighted by Crippen LogP contribution is -2.20. The summed E-state index contributed by atoms with van der Waals surface area (Å²) in [6.07, 6.45) is 1.12. The zero-order valence-corrected chi connectivity index (χ0v) is 9.51. The highest BCUT2D eigenvalue weighted by atomic mass is 35.5. The van der Waals surface area contributed by atoms with Crippen LogP contribution in [0.5, 0.6) is 0 Å². The average molecular weight is 213 g/mol. The van der Waals surface area contributed by atoms with Gasteiger partial charge in [0.05, 0.1) is 0 Å². The van der Waals surface area contributed by atoms with E-state index in [-0.39, 0.29) is 0 Å². The van der Waals surface area contributed by atoms with Crippen molar-refractivity contribution >= 4 is 17.3 Å². The molecule has 0 amide bonds. The summed E-state index contributed by atoms with van der Waals surface area (Å²) in [6.45, 7) is 3.73. The first-order valence-electron chi connectivity index (χ1n) is 4.88. The molecular weight excluding hydrogens is 196 g/mol. The van der Waals surface area contributed by atoms with Crippen LogP contribution in [-0.4, -0.2) is 13.6 Å². The normalized spacial score (nSPS) is 10.3. The Morgan fingerprint density at radius 3 is 2.71 bits per heavy atom. The van der Waals surface area contributed by atoms with Crippen LogP contribution in [0, 0.1) is 0 Å². The molecule has 0 unspecified atom stereocenters. The van der Waals surface area contributed by atoms with Gasteiger partial charge in [0.1, 0.15) is 0 Å². The number of hydrogen-bond acceptors (Lipinski definition) is 2. The van der Waals surface area contributed by atoms with Gasteiger partial charge in [-0.2, -0.15) is 0 Å². The molecule has 0 heterocycles. The maximum Gasteiger partial charge on any atom is 0.0426 e. The van der Waals surface area contributed by atoms with E-state index < -0.39 is 0 Å². The van der Waals surface area contributed by atoms with Crippen LogP contribution >= 0.6 is 11.6 Å². The van der Waals surface area contributed by atoms with Gasteiger partial charge in [-0.3, -0.25) is 0 Å². The van der Waals surface area contributed by atoms with Gasteiger partial charge in [-0.1, -0.05) is 24.6 Å². The predicted octanol–water partition coefficient (Wildman–Crippen LogP) is 2.64. The largest absolute Gasteiger partial charge is 0.374 e. The standard InChI is InChI=1S/C11H17ClN2/c1-3-6-14(2)11-7-10(12)5-4-9(11)8-13/h4-5,7H,3,6,8,13H2,1-2H3. The molecule has 1 rings (SSSR count). The third kappa shape index (κ3) is 2.63. The third-order valence-corrected chi connectivity index (χ3v) is 2.47. The van der Waals surface area contributed by atoms with Crippen molar-refractivity contribution in [2.45, 2.75) is 19.9 Å². The molecule has 1 aromatic carbocycles. The van der Waals surface area contributed by atoms with E-state index in [2.05, 4.69) is 18.9 Å². The molecule has 0 atom stereocenters. The second kappa shape index (κ2) is 5.23. The quantitative estimate of drug-likeness (QED) is 0.832. The van der Waals surface area contributed by atoms with Crippen LogP contribution in [0.25, 0.3) is 0 Å². The predicted molar refractivity (Wildman–Crippen MR) is 62.9 cm³/mol. The molecule has 0 saturated heterocycles. The fourth-order valence-corrected chi connectivity index (χ4v) is 1.69. The van der Waals surface area contributed by atoms with Crippen molar-refractivity contribution in [1.29, 1.82) is 0 Å². The molecule has 1 aromatic rings. The van der Waals surface area contributed by atoms with Crippen LogP contribution in [0.15, 0.2) is 18.2 Å². The Balaban J connectivity index is 2.97. The molecule has 2 N–H and O–H groups in total. The van der Waals surface area contributed by atoms with E-state index in [1.807, 2.05) is 18.2 Å². The lowest BCUT2D eigenvalue weighted by molar-refractivity contribution is 0.843. The van der Waals surface area contributed by atoms with Gasteiger partial charge in [0.15, 0.2) is 0 Å². The Kier molecular flexibility index (Phi) is 4.23. The topological polar surface area (TPSA) is 29.3 Å². The fourth-order valence-electron chi connectivity index (χ4n) is 1.52. The van der Waals surface area contributed by atoms with Gasteiger partial charge in [-0.05, 0) is 24.1 Å². The minimum absolute atomic E-state index is 0.556. The average Bonchev–Trinajstić information content (AvgIpc) is 2.18. The van der Waals surface area contributed by atoms with Gasteiger partial charge in [0.2, 0.25) is 0 Å². The molecule has 14 heavy (non-hydrogen) atoms. The molecule has 0 bridgehead atoms. The summed E-state index contributed by atoms with van der Waals surface area (Å²) in [6, 6.07) is 5.84. The molecule has 0 aliphatic rings. The summed E-state index contributed by atoms with van der Waals surface area (Å²) in [5, 5.41) is 0.764. The summed E-state index contributed by atoms with van der Waals surface area (Å²) in [5.41, 5.74) is 7.95. The van der Waals surface area contributed by atoms with Crippen LogP contribution in [0.3, 0.4) is 0 Å². The minimum Gasteiger partial charge on any atom is -0.374 e. The first-order valence-corrected chi connectivity index (χ1v) is 5.26. The van der Waals surface area contributed by atoms with Crippen molar-refractivity contribution < 1.29 is 0 Å². The lowest BCUT2D eigenvalue weighted by Gasteiger charge is -2.21. The first kappa shape index (κ1) is 11.3. The van der Waals surface area contributed by atoms with Gasteiger partial charge in [-0.15, -0.1) is 0 Å². The molecule has 0 saturated carbocycles. The number of nitrogens with zero attached hydrogens (tertiary/aromatic N) is 1. The number of hydrogen-bond donors (Lipinski definition) is 1. The van der Waals surface area contributed by atoms with Gasteiger partial charge in [0.25, 0.3) is 0 Å². The van der Waals surface area contributed by atoms with Crippen molar-refractivity contribution in [3.05, 3.63) is 28.8 Å². The van der Waals surface area contributed by atoms with Crippen LogP contribution in [-0.2, 0) is 6.54 Å². The van der Waals surface area contributed by atoms with Crippen molar-refractivity contribution in [1.82, 2.24) is 0 Å². The second-order valence-corrected chi connectivity index (χ2v) is 3.84. The summed E-state index contributed by atoms with van der Waals surface area (Å²) in [7, 11) is 2.06. The van der Waals surface area contributed by atoms with E-state index in [0.29, 0.717) is 6.54 Å². The smallest absolute Gasteiger partial charge is 0.0426 e. The van der Waals surface area contributed by atoms with Crippen LogP contribution in [0.4, 0.5) is 5.69 Å². The third-order valence-electron chi connectivity index (χ3n) is 2.24. The molecule has 0 aliphatic carbocycles. The fraction of sp³-hybridized carbons (Fsp3) is 0.455. The maximum absolute atomic E-state index is 5.95. The Bertz CT molecular complexity index is 299. The maximum atomic E-state index is 5.95. The number of rotatable bonds is 4. The van der Waals surface area contributed by atoms with E-state index in [0.717, 1.165) is 29.2 Å². The van der Waals surface area contributed by atoms with Crippen molar-refractivity contribution in [2.75, 3.05) is 18.5 Å². The monoisotopic (exact) mass is 212 g/mol. The molecule has 0 aromatic heterocycles. The van der Waals surface area contributed by atoms with Crippen molar-refractivity contribution in [3.8, 4) is 0 Å². The van der Waals surface area contributed by atoms with Crippen LogP contribution in [0.2, 0.25) is 5.02 Å². The van der Waals surface area contributed by atoms with Crippen molar-refractivity contribution in [3.63, 3.8) is 0 Å².